The number of rotatable bonds is 3. The minimum atomic E-state index is -0.378. The maximum absolute atomic E-state index is 11.7. The summed E-state index contributed by atoms with van der Waals surface area (Å²) in [6.45, 7) is 3.37. The van der Waals surface area contributed by atoms with Crippen LogP contribution in [0.15, 0.2) is 30.3 Å². The van der Waals surface area contributed by atoms with Gasteiger partial charge in [-0.3, -0.25) is 4.79 Å². The van der Waals surface area contributed by atoms with Crippen LogP contribution in [-0.4, -0.2) is 36.0 Å². The molecule has 1 saturated heterocycles. The zero-order valence-corrected chi connectivity index (χ0v) is 11.5. The lowest BCUT2D eigenvalue weighted by Gasteiger charge is -2.40. The van der Waals surface area contributed by atoms with Crippen molar-refractivity contribution in [1.29, 1.82) is 0 Å². The second-order valence-corrected chi connectivity index (χ2v) is 5.70. The molecule has 1 N–H and O–H groups in total. The Bertz CT molecular complexity index is 523. The average molecular weight is 274 g/mol. The van der Waals surface area contributed by atoms with Gasteiger partial charge in [0.15, 0.2) is 0 Å². The fourth-order valence-corrected chi connectivity index (χ4v) is 2.74. The predicted octanol–water partition coefficient (Wildman–Crippen LogP) is 1.53. The summed E-state index contributed by atoms with van der Waals surface area (Å²) in [4.78, 5) is 24.6. The fourth-order valence-electron chi connectivity index (χ4n) is 2.74. The number of likely N-dealkylation sites (tertiary alicyclic amines) is 1. The molecule has 1 heterocycles. The van der Waals surface area contributed by atoms with Gasteiger partial charge in [0.1, 0.15) is 6.61 Å². The van der Waals surface area contributed by atoms with E-state index in [9.17, 15) is 9.59 Å². The van der Waals surface area contributed by atoms with E-state index < -0.39 is 0 Å². The van der Waals surface area contributed by atoms with E-state index >= 15 is 0 Å². The quantitative estimate of drug-likeness (QED) is 0.909. The lowest BCUT2D eigenvalue weighted by atomic mass is 9.96. The monoisotopic (exact) mass is 274 g/mol. The Morgan fingerprint density at radius 2 is 2.05 bits per heavy atom. The highest BCUT2D eigenvalue weighted by Gasteiger charge is 2.62. The van der Waals surface area contributed by atoms with Crippen LogP contribution in [0.4, 0.5) is 4.79 Å². The number of carbonyl (C=O) groups excluding carboxylic acids is 2. The first-order valence-corrected chi connectivity index (χ1v) is 6.82. The lowest BCUT2D eigenvalue weighted by molar-refractivity contribution is -0.136. The van der Waals surface area contributed by atoms with Crippen molar-refractivity contribution >= 4 is 12.0 Å². The molecule has 2 fully saturated rings. The average Bonchev–Trinajstić information content (AvgIpc) is 3.10. The van der Waals surface area contributed by atoms with Gasteiger partial charge < -0.3 is 15.0 Å². The van der Waals surface area contributed by atoms with Gasteiger partial charge in [-0.2, -0.15) is 0 Å². The normalized spacial score (nSPS) is 22.1. The van der Waals surface area contributed by atoms with Crippen LogP contribution < -0.4 is 5.32 Å². The number of hydrogen-bond donors (Lipinski definition) is 1. The Kier molecular flexibility index (Phi) is 3.12. The molecule has 1 saturated carbocycles. The smallest absolute Gasteiger partial charge is 0.407 e. The molecule has 1 atom stereocenters. The van der Waals surface area contributed by atoms with Crippen LogP contribution in [0.2, 0.25) is 0 Å². The Morgan fingerprint density at radius 3 is 2.70 bits per heavy atom. The maximum Gasteiger partial charge on any atom is 0.407 e. The number of amides is 2. The van der Waals surface area contributed by atoms with Gasteiger partial charge >= 0.3 is 6.09 Å². The van der Waals surface area contributed by atoms with E-state index in [1.807, 2.05) is 30.3 Å². The first-order valence-electron chi connectivity index (χ1n) is 6.82. The summed E-state index contributed by atoms with van der Waals surface area (Å²) in [5.41, 5.74) is 1.09. The number of hydrogen-bond acceptors (Lipinski definition) is 3. The largest absolute Gasteiger partial charge is 0.445 e. The second kappa shape index (κ2) is 4.81. The zero-order chi connectivity index (χ0) is 14.2. The number of alkyl carbamates (subject to hydrolysis) is 1. The van der Waals surface area contributed by atoms with E-state index in [2.05, 4.69) is 5.32 Å². The van der Waals surface area contributed by atoms with Crippen LogP contribution in [0, 0.1) is 5.41 Å². The summed E-state index contributed by atoms with van der Waals surface area (Å²) >= 11 is 0. The molecular weight excluding hydrogens is 256 g/mol. The van der Waals surface area contributed by atoms with Crippen molar-refractivity contribution in [3.8, 4) is 0 Å². The van der Waals surface area contributed by atoms with Crippen molar-refractivity contribution in [3.63, 3.8) is 0 Å². The molecule has 3 rings (SSSR count). The molecule has 1 unspecified atom stereocenters. The molecule has 1 aromatic rings. The summed E-state index contributed by atoms with van der Waals surface area (Å²) < 4.78 is 5.18. The SMILES string of the molecule is CC(=O)N1CC2(CC2NC(=O)OCc2ccccc2)C1. The van der Waals surface area contributed by atoms with Gasteiger partial charge in [-0.25, -0.2) is 4.79 Å². The van der Waals surface area contributed by atoms with Crippen LogP contribution in [-0.2, 0) is 16.1 Å². The molecule has 2 aliphatic rings. The van der Waals surface area contributed by atoms with Gasteiger partial charge in [-0.1, -0.05) is 30.3 Å². The van der Waals surface area contributed by atoms with Crippen molar-refractivity contribution in [3.05, 3.63) is 35.9 Å². The van der Waals surface area contributed by atoms with Gasteiger partial charge in [0, 0.05) is 31.5 Å². The summed E-state index contributed by atoms with van der Waals surface area (Å²) in [6, 6.07) is 9.75. The third-order valence-electron chi connectivity index (χ3n) is 4.15. The topological polar surface area (TPSA) is 58.6 Å². The number of nitrogens with zero attached hydrogens (tertiary/aromatic N) is 1. The van der Waals surface area contributed by atoms with E-state index in [1.165, 1.54) is 0 Å². The zero-order valence-electron chi connectivity index (χ0n) is 11.5. The standard InChI is InChI=1S/C15H18N2O3/c1-11(18)17-9-15(10-17)7-13(15)16-14(19)20-8-12-5-3-2-4-6-12/h2-6,13H,7-10H2,1H3,(H,16,19). The minimum Gasteiger partial charge on any atom is -0.445 e. The first-order chi connectivity index (χ1) is 9.59. The van der Waals surface area contributed by atoms with E-state index in [0.717, 1.165) is 25.1 Å². The molecular formula is C15H18N2O3. The Hall–Kier alpha value is -2.04. The number of nitrogens with one attached hydrogen (secondary N) is 1. The highest BCUT2D eigenvalue weighted by Crippen LogP contribution is 2.53. The second-order valence-electron chi connectivity index (χ2n) is 5.70. The predicted molar refractivity (Wildman–Crippen MR) is 72.9 cm³/mol. The first kappa shape index (κ1) is 13.0. The molecule has 5 heteroatoms. The number of ether oxygens (including phenoxy) is 1. The molecule has 1 aromatic carbocycles. The summed E-state index contributed by atoms with van der Waals surface area (Å²) in [6.07, 6.45) is 0.564. The molecule has 5 nitrogen and oxygen atoms in total. The molecule has 20 heavy (non-hydrogen) atoms. The highest BCUT2D eigenvalue weighted by molar-refractivity contribution is 5.75. The third-order valence-corrected chi connectivity index (χ3v) is 4.15. The highest BCUT2D eigenvalue weighted by atomic mass is 16.5. The van der Waals surface area contributed by atoms with Gasteiger partial charge in [-0.15, -0.1) is 0 Å². The Labute approximate surface area is 117 Å². The molecule has 2 amide bonds. The van der Waals surface area contributed by atoms with Crippen LogP contribution in [0.5, 0.6) is 0 Å². The van der Waals surface area contributed by atoms with Crippen molar-refractivity contribution in [2.24, 2.45) is 5.41 Å². The van der Waals surface area contributed by atoms with Crippen LogP contribution in [0.1, 0.15) is 18.9 Å². The van der Waals surface area contributed by atoms with Crippen molar-refractivity contribution < 1.29 is 14.3 Å². The molecule has 0 bridgehead atoms. The van der Waals surface area contributed by atoms with Crippen LogP contribution in [0.25, 0.3) is 0 Å². The van der Waals surface area contributed by atoms with Crippen LogP contribution in [0.3, 0.4) is 0 Å². The number of carbonyl (C=O) groups is 2. The summed E-state index contributed by atoms with van der Waals surface area (Å²) in [5.74, 6) is 0.105. The molecule has 1 aliphatic heterocycles. The Morgan fingerprint density at radius 1 is 1.35 bits per heavy atom. The third kappa shape index (κ3) is 2.48. The van der Waals surface area contributed by atoms with Gasteiger partial charge in [0.25, 0.3) is 0 Å². The van der Waals surface area contributed by atoms with Crippen LogP contribution >= 0.6 is 0 Å². The van der Waals surface area contributed by atoms with Crippen molar-refractivity contribution in [2.45, 2.75) is 26.0 Å². The fraction of sp³-hybridized carbons (Fsp3) is 0.467. The van der Waals surface area contributed by atoms with E-state index in [4.69, 9.17) is 4.74 Å². The van der Waals surface area contributed by atoms with E-state index in [-0.39, 0.29) is 30.1 Å². The number of benzene rings is 1. The summed E-state index contributed by atoms with van der Waals surface area (Å²) in [7, 11) is 0. The van der Waals surface area contributed by atoms with Gasteiger partial charge in [0.2, 0.25) is 5.91 Å². The Balaban J connectivity index is 1.40. The van der Waals surface area contributed by atoms with Crippen molar-refractivity contribution in [1.82, 2.24) is 10.2 Å². The summed E-state index contributed by atoms with van der Waals surface area (Å²) in [5, 5.41) is 2.88. The lowest BCUT2D eigenvalue weighted by Crippen LogP contribution is -2.54. The molecule has 106 valence electrons. The van der Waals surface area contributed by atoms with Gasteiger partial charge in [0.05, 0.1) is 0 Å². The van der Waals surface area contributed by atoms with Crippen molar-refractivity contribution in [2.75, 3.05) is 13.1 Å². The molecule has 0 aromatic heterocycles. The molecule has 1 aliphatic carbocycles. The maximum atomic E-state index is 11.7. The van der Waals surface area contributed by atoms with E-state index in [1.54, 1.807) is 11.8 Å². The van der Waals surface area contributed by atoms with Gasteiger partial charge in [-0.05, 0) is 12.0 Å². The molecule has 1 spiro atoms. The molecule has 0 radical (unpaired) electrons. The minimum absolute atomic E-state index is 0.105. The van der Waals surface area contributed by atoms with E-state index in [0.29, 0.717) is 0 Å².